The van der Waals surface area contributed by atoms with Crippen molar-refractivity contribution in [3.05, 3.63) is 101 Å². The summed E-state index contributed by atoms with van der Waals surface area (Å²) in [5.74, 6) is -1.71. The number of rotatable bonds is 11. The lowest BCUT2D eigenvalue weighted by atomic mass is 10.0. The third-order valence-electron chi connectivity index (χ3n) is 5.32. The Balaban J connectivity index is 1.68. The van der Waals surface area contributed by atoms with E-state index in [2.05, 4.69) is 10.6 Å². The van der Waals surface area contributed by atoms with Crippen LogP contribution in [0.2, 0.25) is 0 Å². The van der Waals surface area contributed by atoms with Gasteiger partial charge in [-0.2, -0.15) is 0 Å². The van der Waals surface area contributed by atoms with Crippen LogP contribution in [0.25, 0.3) is 0 Å². The number of nitrogens with one attached hydrogen (secondary N) is 2. The lowest BCUT2D eigenvalue weighted by molar-refractivity contribution is -0.130. The van der Waals surface area contributed by atoms with Crippen LogP contribution in [0.1, 0.15) is 23.6 Å². The number of halogens is 1. The van der Waals surface area contributed by atoms with E-state index < -0.39 is 35.6 Å². The highest BCUT2D eigenvalue weighted by Gasteiger charge is 2.26. The van der Waals surface area contributed by atoms with Gasteiger partial charge in [-0.3, -0.25) is 14.4 Å². The molecule has 0 aliphatic carbocycles. The molecule has 0 unspecified atom stereocenters. The molecule has 0 radical (unpaired) electrons. The van der Waals surface area contributed by atoms with E-state index in [1.165, 1.54) is 25.1 Å². The second kappa shape index (κ2) is 12.3. The average molecular weight is 478 g/mol. The molecule has 3 aromatic rings. The summed E-state index contributed by atoms with van der Waals surface area (Å²) in [6, 6.07) is 20.7. The SMILES string of the molecule is CC(=O)N[C@@H](Cc1ccccc1F)C(=O)N[C@H](Cc1cccc(OCc2ccccc2)c1)C(N)=O. The Hall–Kier alpha value is -4.20. The highest BCUT2D eigenvalue weighted by Crippen LogP contribution is 2.17. The van der Waals surface area contributed by atoms with Gasteiger partial charge >= 0.3 is 0 Å². The molecule has 7 nitrogen and oxygen atoms in total. The van der Waals surface area contributed by atoms with Crippen molar-refractivity contribution in [2.24, 2.45) is 5.73 Å². The Bertz CT molecular complexity index is 1170. The Morgan fingerprint density at radius 3 is 2.23 bits per heavy atom. The number of primary amides is 1. The van der Waals surface area contributed by atoms with Crippen molar-refractivity contribution >= 4 is 17.7 Å². The number of carbonyl (C=O) groups is 3. The first-order valence-electron chi connectivity index (χ1n) is 11.2. The molecular formula is C27H28FN3O4. The van der Waals surface area contributed by atoms with Crippen molar-refractivity contribution in [3.63, 3.8) is 0 Å². The maximum atomic E-state index is 14.1. The number of ether oxygens (including phenoxy) is 1. The van der Waals surface area contributed by atoms with Crippen LogP contribution in [0, 0.1) is 5.82 Å². The number of benzene rings is 3. The van der Waals surface area contributed by atoms with Gasteiger partial charge in [0.1, 0.15) is 30.3 Å². The Kier molecular flexibility index (Phi) is 8.95. The molecule has 8 heteroatoms. The normalized spacial score (nSPS) is 12.3. The van der Waals surface area contributed by atoms with E-state index in [4.69, 9.17) is 10.5 Å². The molecule has 0 spiro atoms. The van der Waals surface area contributed by atoms with E-state index in [9.17, 15) is 18.8 Å². The van der Waals surface area contributed by atoms with Crippen LogP contribution in [0.3, 0.4) is 0 Å². The van der Waals surface area contributed by atoms with Crippen molar-refractivity contribution in [1.82, 2.24) is 10.6 Å². The van der Waals surface area contributed by atoms with Crippen LogP contribution in [0.15, 0.2) is 78.9 Å². The fourth-order valence-corrected chi connectivity index (χ4v) is 3.57. The van der Waals surface area contributed by atoms with Crippen molar-refractivity contribution in [2.45, 2.75) is 38.5 Å². The molecule has 182 valence electrons. The van der Waals surface area contributed by atoms with E-state index in [0.717, 1.165) is 11.1 Å². The zero-order chi connectivity index (χ0) is 25.2. The van der Waals surface area contributed by atoms with Gasteiger partial charge in [-0.05, 0) is 34.9 Å². The third kappa shape index (κ3) is 7.96. The maximum absolute atomic E-state index is 14.1. The lowest BCUT2D eigenvalue weighted by Crippen LogP contribution is -2.54. The Morgan fingerprint density at radius 2 is 1.54 bits per heavy atom. The number of amides is 3. The fourth-order valence-electron chi connectivity index (χ4n) is 3.57. The molecule has 0 fully saturated rings. The predicted octanol–water partition coefficient (Wildman–Crippen LogP) is 2.66. The number of carbonyl (C=O) groups excluding carboxylic acids is 3. The second-order valence-corrected chi connectivity index (χ2v) is 8.14. The summed E-state index contributed by atoms with van der Waals surface area (Å²) >= 11 is 0. The van der Waals surface area contributed by atoms with E-state index in [1.54, 1.807) is 30.3 Å². The van der Waals surface area contributed by atoms with Gasteiger partial charge in [0.25, 0.3) is 0 Å². The van der Waals surface area contributed by atoms with Crippen molar-refractivity contribution in [1.29, 1.82) is 0 Å². The summed E-state index contributed by atoms with van der Waals surface area (Å²) in [5.41, 5.74) is 7.56. The van der Waals surface area contributed by atoms with Crippen molar-refractivity contribution < 1.29 is 23.5 Å². The molecule has 0 aliphatic rings. The van der Waals surface area contributed by atoms with Gasteiger partial charge in [0.15, 0.2) is 0 Å². The summed E-state index contributed by atoms with van der Waals surface area (Å²) in [6.07, 6.45) is 0.0441. The summed E-state index contributed by atoms with van der Waals surface area (Å²) < 4.78 is 19.9. The molecule has 3 aromatic carbocycles. The van der Waals surface area contributed by atoms with E-state index in [-0.39, 0.29) is 18.4 Å². The van der Waals surface area contributed by atoms with Crippen LogP contribution in [-0.2, 0) is 33.8 Å². The van der Waals surface area contributed by atoms with Crippen molar-refractivity contribution in [2.75, 3.05) is 0 Å². The predicted molar refractivity (Wildman–Crippen MR) is 130 cm³/mol. The molecule has 2 atom stereocenters. The number of hydrogen-bond donors (Lipinski definition) is 3. The summed E-state index contributed by atoms with van der Waals surface area (Å²) in [6.45, 7) is 1.64. The van der Waals surface area contributed by atoms with Gasteiger partial charge in [0.05, 0.1) is 0 Å². The minimum atomic E-state index is -1.08. The summed E-state index contributed by atoms with van der Waals surface area (Å²) in [7, 11) is 0. The zero-order valence-electron chi connectivity index (χ0n) is 19.4. The van der Waals surface area contributed by atoms with E-state index in [0.29, 0.717) is 12.4 Å². The molecule has 0 saturated heterocycles. The summed E-state index contributed by atoms with van der Waals surface area (Å²) in [4.78, 5) is 36.7. The Morgan fingerprint density at radius 1 is 0.857 bits per heavy atom. The smallest absolute Gasteiger partial charge is 0.243 e. The fraction of sp³-hybridized carbons (Fsp3) is 0.222. The van der Waals surface area contributed by atoms with Gasteiger partial charge in [0, 0.05) is 19.8 Å². The topological polar surface area (TPSA) is 111 Å². The van der Waals surface area contributed by atoms with Crippen LogP contribution in [0.5, 0.6) is 5.75 Å². The molecule has 4 N–H and O–H groups in total. The highest BCUT2D eigenvalue weighted by molar-refractivity contribution is 5.91. The highest BCUT2D eigenvalue weighted by atomic mass is 19.1. The van der Waals surface area contributed by atoms with Gasteiger partial charge in [-0.15, -0.1) is 0 Å². The van der Waals surface area contributed by atoms with E-state index in [1.807, 2.05) is 30.3 Å². The minimum absolute atomic E-state index is 0.0770. The molecule has 0 aromatic heterocycles. The van der Waals surface area contributed by atoms with Gasteiger partial charge in [0.2, 0.25) is 17.7 Å². The molecule has 0 heterocycles. The van der Waals surface area contributed by atoms with Crippen LogP contribution >= 0.6 is 0 Å². The molecule has 0 aliphatic heterocycles. The molecular weight excluding hydrogens is 449 g/mol. The third-order valence-corrected chi connectivity index (χ3v) is 5.32. The summed E-state index contributed by atoms with van der Waals surface area (Å²) in [5, 5.41) is 5.11. The van der Waals surface area contributed by atoms with Crippen LogP contribution in [-0.4, -0.2) is 29.8 Å². The lowest BCUT2D eigenvalue weighted by Gasteiger charge is -2.22. The van der Waals surface area contributed by atoms with Crippen LogP contribution < -0.4 is 21.1 Å². The molecule has 0 bridgehead atoms. The molecule has 0 saturated carbocycles. The Labute approximate surface area is 203 Å². The first-order chi connectivity index (χ1) is 16.8. The first kappa shape index (κ1) is 25.4. The number of hydrogen-bond acceptors (Lipinski definition) is 4. The van der Waals surface area contributed by atoms with E-state index >= 15 is 0 Å². The standard InChI is InChI=1S/C27H28FN3O4/c1-18(32)30-25(16-21-11-5-6-13-23(21)28)27(34)31-24(26(29)33)15-20-10-7-12-22(14-20)35-17-19-8-3-2-4-9-19/h2-14,24-25H,15-17H2,1H3,(H2,29,33)(H,30,32)(H,31,34)/t24-,25+/m1/s1. The minimum Gasteiger partial charge on any atom is -0.489 e. The van der Waals surface area contributed by atoms with Gasteiger partial charge in [-0.1, -0.05) is 60.7 Å². The average Bonchev–Trinajstić information content (AvgIpc) is 2.84. The maximum Gasteiger partial charge on any atom is 0.243 e. The molecule has 35 heavy (non-hydrogen) atoms. The van der Waals surface area contributed by atoms with Crippen LogP contribution in [0.4, 0.5) is 4.39 Å². The molecule has 3 rings (SSSR count). The van der Waals surface area contributed by atoms with Gasteiger partial charge in [-0.25, -0.2) is 4.39 Å². The molecule has 3 amide bonds. The quantitative estimate of drug-likeness (QED) is 0.394. The second-order valence-electron chi connectivity index (χ2n) is 8.14. The zero-order valence-corrected chi connectivity index (χ0v) is 19.4. The van der Waals surface area contributed by atoms with Crippen molar-refractivity contribution in [3.8, 4) is 5.75 Å². The van der Waals surface area contributed by atoms with Gasteiger partial charge < -0.3 is 21.1 Å². The largest absolute Gasteiger partial charge is 0.489 e. The first-order valence-corrected chi connectivity index (χ1v) is 11.2. The monoisotopic (exact) mass is 477 g/mol. The number of nitrogens with two attached hydrogens (primary N) is 1.